The van der Waals surface area contributed by atoms with Gasteiger partial charge in [0.1, 0.15) is 0 Å². The lowest BCUT2D eigenvalue weighted by Crippen LogP contribution is -2.53. The Morgan fingerprint density at radius 3 is 2.58 bits per heavy atom. The van der Waals surface area contributed by atoms with Crippen LogP contribution in [0.25, 0.3) is 0 Å². The minimum Gasteiger partial charge on any atom is -0.270 e. The Bertz CT molecular complexity index is 1050. The van der Waals surface area contributed by atoms with Crippen molar-refractivity contribution in [2.24, 2.45) is 5.10 Å². The normalized spacial score (nSPS) is 20.2. The van der Waals surface area contributed by atoms with E-state index in [9.17, 15) is 13.2 Å². The van der Waals surface area contributed by atoms with E-state index >= 15 is 0 Å². The predicted octanol–water partition coefficient (Wildman–Crippen LogP) is 2.12. The van der Waals surface area contributed by atoms with Gasteiger partial charge >= 0.3 is 0 Å². The van der Waals surface area contributed by atoms with Gasteiger partial charge in [0.15, 0.2) is 12.1 Å². The van der Waals surface area contributed by atoms with Crippen LogP contribution in [0.1, 0.15) is 15.9 Å². The zero-order valence-electron chi connectivity index (χ0n) is 14.0. The van der Waals surface area contributed by atoms with Crippen molar-refractivity contribution in [1.82, 2.24) is 14.2 Å². The van der Waals surface area contributed by atoms with Gasteiger partial charge in [0.25, 0.3) is 15.9 Å². The maximum Gasteiger partial charge on any atom is 0.277 e. The molecular weight excluding hydrogens is 420 g/mol. The molecule has 0 unspecified atom stereocenters. The summed E-state index contributed by atoms with van der Waals surface area (Å²) in [5.41, 5.74) is 0.923. The van der Waals surface area contributed by atoms with Crippen LogP contribution in [-0.4, -0.2) is 54.8 Å². The lowest BCUT2D eigenvalue weighted by Gasteiger charge is -2.32. The predicted molar refractivity (Wildman–Crippen MR) is 99.8 cm³/mol. The van der Waals surface area contributed by atoms with Gasteiger partial charge in [-0.2, -0.15) is 5.01 Å². The molecule has 0 aliphatic carbocycles. The Morgan fingerprint density at radius 2 is 1.88 bits per heavy atom. The fourth-order valence-electron chi connectivity index (χ4n) is 3.13. The molecule has 9 heteroatoms. The number of benzene rings is 2. The molecule has 2 aromatic rings. The SMILES string of the molecule is CN(C)[C@@H]1N(C(=O)c2cccc(Br)c2)N=C2c3ccccc3S(=O)(=O)N21. The van der Waals surface area contributed by atoms with Crippen LogP contribution >= 0.6 is 15.9 Å². The van der Waals surface area contributed by atoms with Gasteiger partial charge < -0.3 is 0 Å². The van der Waals surface area contributed by atoms with E-state index in [2.05, 4.69) is 21.0 Å². The number of amides is 1. The number of halogens is 1. The molecule has 0 N–H and O–H groups in total. The van der Waals surface area contributed by atoms with Crippen LogP contribution in [0.5, 0.6) is 0 Å². The first-order chi connectivity index (χ1) is 12.3. The maximum absolute atomic E-state index is 13.0. The summed E-state index contributed by atoms with van der Waals surface area (Å²) in [6.07, 6.45) is -0.867. The number of hydrazone groups is 1. The molecule has 0 radical (unpaired) electrons. The molecule has 0 bridgehead atoms. The fraction of sp³-hybridized carbons (Fsp3) is 0.176. The molecule has 4 rings (SSSR count). The Morgan fingerprint density at radius 1 is 1.15 bits per heavy atom. The van der Waals surface area contributed by atoms with E-state index in [1.165, 1.54) is 9.31 Å². The number of fused-ring (bicyclic) bond motifs is 3. The van der Waals surface area contributed by atoms with Crippen LogP contribution in [-0.2, 0) is 10.0 Å². The number of amidine groups is 1. The standard InChI is InChI=1S/C17H15BrN4O3S/c1-20(2)17-21(16(23)11-6-5-7-12(18)10-11)19-15-13-8-3-4-9-14(13)26(24,25)22(15)17/h3-10,17H,1-2H3/t17-/m1/s1. The van der Waals surface area contributed by atoms with Gasteiger partial charge in [-0.15, -0.1) is 5.10 Å². The summed E-state index contributed by atoms with van der Waals surface area (Å²) in [6, 6.07) is 13.6. The summed E-state index contributed by atoms with van der Waals surface area (Å²) in [5.74, 6) is -0.109. The lowest BCUT2D eigenvalue weighted by molar-refractivity contribution is 0.0341. The molecule has 134 valence electrons. The van der Waals surface area contributed by atoms with Crippen molar-refractivity contribution in [2.75, 3.05) is 14.1 Å². The molecule has 2 aliphatic heterocycles. The van der Waals surface area contributed by atoms with Crippen LogP contribution in [0.15, 0.2) is 63.0 Å². The van der Waals surface area contributed by atoms with E-state index in [1.54, 1.807) is 61.5 Å². The smallest absolute Gasteiger partial charge is 0.270 e. The van der Waals surface area contributed by atoms with E-state index in [1.807, 2.05) is 6.07 Å². The summed E-state index contributed by atoms with van der Waals surface area (Å²) in [7, 11) is -0.354. The lowest BCUT2D eigenvalue weighted by atomic mass is 10.2. The Hall–Kier alpha value is -2.23. The molecule has 1 amide bonds. The van der Waals surface area contributed by atoms with Crippen LogP contribution in [0.3, 0.4) is 0 Å². The number of nitrogens with zero attached hydrogens (tertiary/aromatic N) is 4. The number of sulfonamides is 1. The summed E-state index contributed by atoms with van der Waals surface area (Å²) in [4.78, 5) is 14.9. The summed E-state index contributed by atoms with van der Waals surface area (Å²) in [5, 5.41) is 5.60. The van der Waals surface area contributed by atoms with Crippen LogP contribution in [0.2, 0.25) is 0 Å². The average Bonchev–Trinajstić information content (AvgIpc) is 3.10. The summed E-state index contributed by atoms with van der Waals surface area (Å²) < 4.78 is 28.0. The van der Waals surface area contributed by atoms with Gasteiger partial charge in [-0.25, -0.2) is 12.7 Å². The Labute approximate surface area is 159 Å². The minimum absolute atomic E-state index is 0.208. The second-order valence-electron chi connectivity index (χ2n) is 6.19. The molecule has 2 aliphatic rings. The van der Waals surface area contributed by atoms with Crippen LogP contribution in [0.4, 0.5) is 0 Å². The molecule has 0 saturated carbocycles. The third-order valence-corrected chi connectivity index (χ3v) is 6.53. The van der Waals surface area contributed by atoms with Crippen molar-refractivity contribution in [2.45, 2.75) is 11.2 Å². The van der Waals surface area contributed by atoms with Gasteiger partial charge in [-0.1, -0.05) is 34.1 Å². The molecule has 2 aromatic carbocycles. The molecule has 7 nitrogen and oxygen atoms in total. The molecule has 1 atom stereocenters. The molecule has 0 saturated heterocycles. The van der Waals surface area contributed by atoms with Crippen LogP contribution < -0.4 is 0 Å². The first-order valence-corrected chi connectivity index (χ1v) is 10.0. The van der Waals surface area contributed by atoms with Gasteiger partial charge in [0.05, 0.1) is 4.90 Å². The van der Waals surface area contributed by atoms with Gasteiger partial charge in [-0.3, -0.25) is 9.69 Å². The third-order valence-electron chi connectivity index (χ3n) is 4.25. The largest absolute Gasteiger partial charge is 0.277 e. The van der Waals surface area contributed by atoms with E-state index in [0.29, 0.717) is 11.1 Å². The summed E-state index contributed by atoms with van der Waals surface area (Å²) >= 11 is 3.35. The van der Waals surface area contributed by atoms with Crippen molar-refractivity contribution in [3.63, 3.8) is 0 Å². The number of carbonyl (C=O) groups is 1. The van der Waals surface area contributed by atoms with Gasteiger partial charge in [-0.05, 0) is 44.4 Å². The van der Waals surface area contributed by atoms with E-state index < -0.39 is 16.3 Å². The highest BCUT2D eigenvalue weighted by Crippen LogP contribution is 2.38. The highest BCUT2D eigenvalue weighted by atomic mass is 79.9. The number of rotatable bonds is 2. The quantitative estimate of drug-likeness (QED) is 0.725. The first-order valence-electron chi connectivity index (χ1n) is 7.80. The number of hydrogen-bond acceptors (Lipinski definition) is 5. The minimum atomic E-state index is -3.78. The van der Waals surface area contributed by atoms with E-state index in [4.69, 9.17) is 0 Å². The topological polar surface area (TPSA) is 73.3 Å². The zero-order valence-corrected chi connectivity index (χ0v) is 16.4. The van der Waals surface area contributed by atoms with Crippen LogP contribution in [0, 0.1) is 0 Å². The Balaban J connectivity index is 1.86. The number of carbonyl (C=O) groups excluding carboxylic acids is 1. The molecule has 0 spiro atoms. The fourth-order valence-corrected chi connectivity index (χ4v) is 5.32. The molecule has 0 aromatic heterocycles. The third kappa shape index (κ3) is 2.38. The molecule has 0 fully saturated rings. The second kappa shape index (κ2) is 5.90. The van der Waals surface area contributed by atoms with Crippen molar-refractivity contribution >= 4 is 37.7 Å². The molecule has 26 heavy (non-hydrogen) atoms. The first kappa shape index (κ1) is 17.2. The summed E-state index contributed by atoms with van der Waals surface area (Å²) in [6.45, 7) is 0. The zero-order chi connectivity index (χ0) is 18.6. The Kier molecular flexibility index (Phi) is 3.90. The molecular formula is C17H15BrN4O3S. The van der Waals surface area contributed by atoms with E-state index in [0.717, 1.165) is 4.47 Å². The maximum atomic E-state index is 13.0. The van der Waals surface area contributed by atoms with Crippen molar-refractivity contribution in [1.29, 1.82) is 0 Å². The number of hydrogen-bond donors (Lipinski definition) is 0. The van der Waals surface area contributed by atoms with Gasteiger partial charge in [0, 0.05) is 15.6 Å². The average molecular weight is 435 g/mol. The van der Waals surface area contributed by atoms with Gasteiger partial charge in [0.2, 0.25) is 0 Å². The van der Waals surface area contributed by atoms with Crippen molar-refractivity contribution < 1.29 is 13.2 Å². The van der Waals surface area contributed by atoms with Crippen molar-refractivity contribution in [3.05, 3.63) is 64.1 Å². The highest BCUT2D eigenvalue weighted by molar-refractivity contribution is 9.10. The van der Waals surface area contributed by atoms with E-state index in [-0.39, 0.29) is 16.6 Å². The second-order valence-corrected chi connectivity index (χ2v) is 8.89. The monoisotopic (exact) mass is 434 g/mol. The van der Waals surface area contributed by atoms with Crippen molar-refractivity contribution in [3.8, 4) is 0 Å². The highest BCUT2D eigenvalue weighted by Gasteiger charge is 2.52. The molecule has 2 heterocycles.